The molecule has 0 radical (unpaired) electrons. The molecule has 3 unspecified atom stereocenters. The van der Waals surface area contributed by atoms with Crippen LogP contribution in [0.4, 0.5) is 0 Å². The summed E-state index contributed by atoms with van der Waals surface area (Å²) in [5.41, 5.74) is 0. The summed E-state index contributed by atoms with van der Waals surface area (Å²) in [5.74, 6) is 3.61. The van der Waals surface area contributed by atoms with E-state index in [0.717, 1.165) is 35.4 Å². The quantitative estimate of drug-likeness (QED) is 0.627. The molecule has 5 rings (SSSR count). The van der Waals surface area contributed by atoms with Gasteiger partial charge in [0, 0.05) is 43.0 Å². The van der Waals surface area contributed by atoms with Crippen LogP contribution in [0.2, 0.25) is 0 Å². The third-order valence-corrected chi connectivity index (χ3v) is 7.81. The van der Waals surface area contributed by atoms with E-state index >= 15 is 0 Å². The molecule has 3 heterocycles. The van der Waals surface area contributed by atoms with E-state index in [4.69, 9.17) is 4.42 Å². The van der Waals surface area contributed by atoms with Crippen molar-refractivity contribution >= 4 is 17.2 Å². The van der Waals surface area contributed by atoms with Crippen molar-refractivity contribution in [3.05, 3.63) is 46.0 Å². The molecule has 1 saturated heterocycles. The second kappa shape index (κ2) is 8.78. The first-order valence-corrected chi connectivity index (χ1v) is 12.3. The third kappa shape index (κ3) is 4.72. The minimum atomic E-state index is -0.206. The molecule has 2 aliphatic carbocycles. The van der Waals surface area contributed by atoms with Crippen molar-refractivity contribution in [2.75, 3.05) is 32.7 Å². The Hall–Kier alpha value is -2.14. The molecule has 0 N–H and O–H groups in total. The Balaban J connectivity index is 1.15. The maximum atomic E-state index is 13.0. The van der Waals surface area contributed by atoms with E-state index < -0.39 is 0 Å². The fourth-order valence-electron chi connectivity index (χ4n) is 4.63. The lowest BCUT2D eigenvalue weighted by Gasteiger charge is -2.37. The first-order valence-electron chi connectivity index (χ1n) is 11.4. The minimum Gasteiger partial charge on any atom is -0.464 e. The predicted octanol–water partition coefficient (Wildman–Crippen LogP) is 3.84. The highest BCUT2D eigenvalue weighted by molar-refractivity contribution is 7.10. The van der Waals surface area contributed by atoms with Gasteiger partial charge in [0.15, 0.2) is 0 Å². The van der Waals surface area contributed by atoms with Crippen LogP contribution in [0.15, 0.2) is 34.1 Å². The number of nitrogens with zero attached hydrogens (tertiary/aromatic N) is 4. The van der Waals surface area contributed by atoms with E-state index in [0.29, 0.717) is 38.1 Å². The van der Waals surface area contributed by atoms with Gasteiger partial charge in [0.25, 0.3) is 0 Å². The van der Waals surface area contributed by atoms with Gasteiger partial charge in [0.05, 0.1) is 19.2 Å². The van der Waals surface area contributed by atoms with Crippen LogP contribution >= 0.6 is 11.3 Å². The van der Waals surface area contributed by atoms with Crippen molar-refractivity contribution in [3.8, 4) is 6.07 Å². The lowest BCUT2D eigenvalue weighted by molar-refractivity contribution is -0.134. The first kappa shape index (κ1) is 20.7. The van der Waals surface area contributed by atoms with E-state index in [-0.39, 0.29) is 11.9 Å². The Morgan fingerprint density at radius 2 is 2.06 bits per heavy atom. The van der Waals surface area contributed by atoms with Crippen LogP contribution in [0, 0.1) is 17.2 Å². The molecule has 31 heavy (non-hydrogen) atoms. The second-order valence-corrected chi connectivity index (χ2v) is 10.2. The molecule has 1 amide bonds. The fraction of sp³-hybridized carbons (Fsp3) is 0.583. The minimum absolute atomic E-state index is 0.193. The van der Waals surface area contributed by atoms with Crippen molar-refractivity contribution in [2.24, 2.45) is 5.92 Å². The predicted molar refractivity (Wildman–Crippen MR) is 119 cm³/mol. The summed E-state index contributed by atoms with van der Waals surface area (Å²) in [4.78, 5) is 20.6. The van der Waals surface area contributed by atoms with Crippen molar-refractivity contribution in [2.45, 2.75) is 50.7 Å². The van der Waals surface area contributed by atoms with Gasteiger partial charge in [-0.25, -0.2) is 0 Å². The number of nitriles is 1. The largest absolute Gasteiger partial charge is 0.464 e. The maximum Gasteiger partial charge on any atom is 0.236 e. The fourth-order valence-corrected chi connectivity index (χ4v) is 5.43. The zero-order chi connectivity index (χ0) is 21.4. The smallest absolute Gasteiger partial charge is 0.236 e. The topological polar surface area (TPSA) is 63.7 Å². The van der Waals surface area contributed by atoms with Gasteiger partial charge in [-0.2, -0.15) is 5.26 Å². The molecular formula is C24H30N4O2S. The Bertz CT molecular complexity index is 937. The average Bonchev–Trinajstić information content (AvgIpc) is 3.64. The lowest BCUT2D eigenvalue weighted by atomic mass is 10.2. The third-order valence-electron chi connectivity index (χ3n) is 6.88. The molecule has 7 heteroatoms. The number of furan rings is 1. The van der Waals surface area contributed by atoms with Gasteiger partial charge in [0.1, 0.15) is 17.6 Å². The number of amides is 1. The summed E-state index contributed by atoms with van der Waals surface area (Å²) < 4.78 is 6.10. The van der Waals surface area contributed by atoms with Crippen LogP contribution in [0.25, 0.3) is 0 Å². The molecule has 0 aromatic carbocycles. The standard InChI is InChI=1S/C24H30N4O2S/c1-17-13-20(17)22-7-6-19(30-22)15-28(18-4-5-18)16-24(29)27-10-8-26(9-11-27)21(14-25)23-3-2-12-31-23/h2-3,6-7,12,17-18,20-21H,4-5,8-11,13,15-16H2,1H3. The monoisotopic (exact) mass is 438 g/mol. The van der Waals surface area contributed by atoms with Gasteiger partial charge >= 0.3 is 0 Å². The highest BCUT2D eigenvalue weighted by atomic mass is 32.1. The zero-order valence-electron chi connectivity index (χ0n) is 18.1. The van der Waals surface area contributed by atoms with Gasteiger partial charge in [-0.3, -0.25) is 14.6 Å². The highest BCUT2D eigenvalue weighted by Crippen LogP contribution is 2.47. The Morgan fingerprint density at radius 1 is 1.29 bits per heavy atom. The molecule has 3 aliphatic rings. The van der Waals surface area contributed by atoms with E-state index in [9.17, 15) is 10.1 Å². The molecule has 164 valence electrons. The number of carbonyl (C=O) groups excluding carboxylic acids is 1. The number of hydrogen-bond donors (Lipinski definition) is 0. The molecule has 1 aliphatic heterocycles. The lowest BCUT2D eigenvalue weighted by Crippen LogP contribution is -2.51. The molecule has 2 aromatic rings. The number of carbonyl (C=O) groups is 1. The number of thiophene rings is 1. The molecule has 3 atom stereocenters. The van der Waals surface area contributed by atoms with Crippen molar-refractivity contribution in [1.82, 2.24) is 14.7 Å². The summed E-state index contributed by atoms with van der Waals surface area (Å²) in [6.07, 6.45) is 3.56. The number of piperazine rings is 1. The van der Waals surface area contributed by atoms with Crippen LogP contribution in [-0.4, -0.2) is 59.4 Å². The molecule has 3 fully saturated rings. The molecule has 0 bridgehead atoms. The molecular weight excluding hydrogens is 408 g/mol. The van der Waals surface area contributed by atoms with Crippen LogP contribution in [-0.2, 0) is 11.3 Å². The number of hydrogen-bond acceptors (Lipinski definition) is 6. The van der Waals surface area contributed by atoms with Crippen molar-refractivity contribution < 1.29 is 9.21 Å². The van der Waals surface area contributed by atoms with Crippen LogP contribution in [0.3, 0.4) is 0 Å². The maximum absolute atomic E-state index is 13.0. The van der Waals surface area contributed by atoms with E-state index in [2.05, 4.69) is 34.9 Å². The van der Waals surface area contributed by atoms with Crippen LogP contribution in [0.5, 0.6) is 0 Å². The van der Waals surface area contributed by atoms with Gasteiger partial charge in [-0.05, 0) is 48.8 Å². The van der Waals surface area contributed by atoms with Gasteiger partial charge in [-0.1, -0.05) is 13.0 Å². The number of rotatable bonds is 8. The highest BCUT2D eigenvalue weighted by Gasteiger charge is 2.37. The molecule has 0 spiro atoms. The van der Waals surface area contributed by atoms with E-state index in [1.165, 1.54) is 19.3 Å². The average molecular weight is 439 g/mol. The Morgan fingerprint density at radius 3 is 2.68 bits per heavy atom. The zero-order valence-corrected chi connectivity index (χ0v) is 18.9. The van der Waals surface area contributed by atoms with Crippen LogP contribution in [0.1, 0.15) is 54.5 Å². The Kier molecular flexibility index (Phi) is 5.87. The van der Waals surface area contributed by atoms with E-state index in [1.807, 2.05) is 22.4 Å². The van der Waals surface area contributed by atoms with Gasteiger partial charge in [-0.15, -0.1) is 11.3 Å². The normalized spacial score (nSPS) is 24.9. The van der Waals surface area contributed by atoms with E-state index in [1.54, 1.807) is 11.3 Å². The molecule has 2 aromatic heterocycles. The summed E-state index contributed by atoms with van der Waals surface area (Å²) in [5, 5.41) is 11.6. The summed E-state index contributed by atoms with van der Waals surface area (Å²) >= 11 is 1.62. The SMILES string of the molecule is CC1CC1c1ccc(CN(CC(=O)N2CCN(C(C#N)c3cccs3)CC2)C2CC2)o1. The molecule has 2 saturated carbocycles. The molecule has 6 nitrogen and oxygen atoms in total. The Labute approximate surface area is 188 Å². The summed E-state index contributed by atoms with van der Waals surface area (Å²) in [7, 11) is 0. The second-order valence-electron chi connectivity index (χ2n) is 9.22. The summed E-state index contributed by atoms with van der Waals surface area (Å²) in [6.45, 7) is 6.29. The van der Waals surface area contributed by atoms with Crippen molar-refractivity contribution in [1.29, 1.82) is 5.26 Å². The first-order chi connectivity index (χ1) is 15.1. The van der Waals surface area contributed by atoms with Gasteiger partial charge in [0.2, 0.25) is 5.91 Å². The van der Waals surface area contributed by atoms with Crippen molar-refractivity contribution in [3.63, 3.8) is 0 Å². The van der Waals surface area contributed by atoms with Gasteiger partial charge < -0.3 is 9.32 Å². The summed E-state index contributed by atoms with van der Waals surface area (Å²) in [6, 6.07) is 10.9. The van der Waals surface area contributed by atoms with Crippen LogP contribution < -0.4 is 0 Å².